The molecule has 2 rings (SSSR count). The first-order valence-corrected chi connectivity index (χ1v) is 6.63. The van der Waals surface area contributed by atoms with Crippen LogP contribution in [0.1, 0.15) is 16.7 Å². The van der Waals surface area contributed by atoms with Gasteiger partial charge >= 0.3 is 0 Å². The van der Waals surface area contributed by atoms with Gasteiger partial charge in [-0.05, 0) is 43.2 Å². The Labute approximate surface area is 116 Å². The molecule has 0 aliphatic heterocycles. The van der Waals surface area contributed by atoms with Crippen LogP contribution in [-0.4, -0.2) is 14.1 Å². The molecule has 0 heterocycles. The van der Waals surface area contributed by atoms with Gasteiger partial charge in [0.05, 0.1) is 0 Å². The first kappa shape index (κ1) is 13.5. The molecule has 0 aliphatic carbocycles. The molecule has 0 saturated carbocycles. The number of nitrogens with one attached hydrogen (secondary N) is 1. The van der Waals surface area contributed by atoms with Crippen LogP contribution in [-0.2, 0) is 6.54 Å². The SMILES string of the molecule is Cc1ccc(NCc2ccc(N(C)C)cc2)c(C)c1. The van der Waals surface area contributed by atoms with Gasteiger partial charge in [-0.2, -0.15) is 0 Å². The van der Waals surface area contributed by atoms with Crippen molar-refractivity contribution in [3.05, 3.63) is 59.2 Å². The van der Waals surface area contributed by atoms with Gasteiger partial charge in [-0.1, -0.05) is 29.8 Å². The normalized spacial score (nSPS) is 10.3. The number of aryl methyl sites for hydroxylation is 2. The van der Waals surface area contributed by atoms with Crippen LogP contribution >= 0.6 is 0 Å². The van der Waals surface area contributed by atoms with E-state index in [0.29, 0.717) is 0 Å². The molecule has 0 radical (unpaired) electrons. The molecule has 0 spiro atoms. The van der Waals surface area contributed by atoms with Crippen LogP contribution in [0.4, 0.5) is 11.4 Å². The minimum atomic E-state index is 0.859. The highest BCUT2D eigenvalue weighted by atomic mass is 15.1. The third-order valence-corrected chi connectivity index (χ3v) is 3.32. The van der Waals surface area contributed by atoms with E-state index in [1.54, 1.807) is 0 Å². The average Bonchev–Trinajstić information content (AvgIpc) is 2.38. The van der Waals surface area contributed by atoms with Crippen LogP contribution in [0.2, 0.25) is 0 Å². The molecule has 0 bridgehead atoms. The summed E-state index contributed by atoms with van der Waals surface area (Å²) in [4.78, 5) is 2.11. The predicted octanol–water partition coefficient (Wildman–Crippen LogP) is 3.98. The molecule has 0 amide bonds. The Balaban J connectivity index is 2.02. The second kappa shape index (κ2) is 5.79. The van der Waals surface area contributed by atoms with E-state index in [-0.39, 0.29) is 0 Å². The van der Waals surface area contributed by atoms with Gasteiger partial charge < -0.3 is 10.2 Å². The lowest BCUT2D eigenvalue weighted by Gasteiger charge is -2.14. The molecule has 0 aromatic heterocycles. The van der Waals surface area contributed by atoms with Crippen LogP contribution in [0.25, 0.3) is 0 Å². The third kappa shape index (κ3) is 3.50. The Bertz CT molecular complexity index is 542. The zero-order valence-corrected chi connectivity index (χ0v) is 12.2. The Morgan fingerprint density at radius 1 is 0.947 bits per heavy atom. The quantitative estimate of drug-likeness (QED) is 0.887. The second-order valence-electron chi connectivity index (χ2n) is 5.23. The Morgan fingerprint density at radius 3 is 2.21 bits per heavy atom. The number of anilines is 2. The van der Waals surface area contributed by atoms with Crippen LogP contribution in [0.3, 0.4) is 0 Å². The van der Waals surface area contributed by atoms with Crippen molar-refractivity contribution in [2.24, 2.45) is 0 Å². The van der Waals surface area contributed by atoms with Gasteiger partial charge in [0.15, 0.2) is 0 Å². The molecule has 0 fully saturated rings. The van der Waals surface area contributed by atoms with E-state index in [4.69, 9.17) is 0 Å². The lowest BCUT2D eigenvalue weighted by atomic mass is 10.1. The molecule has 2 aromatic carbocycles. The smallest absolute Gasteiger partial charge is 0.0400 e. The maximum Gasteiger partial charge on any atom is 0.0400 e. The molecular formula is C17H22N2. The molecule has 2 heteroatoms. The molecule has 0 saturated heterocycles. The summed E-state index contributed by atoms with van der Waals surface area (Å²) in [7, 11) is 4.12. The third-order valence-electron chi connectivity index (χ3n) is 3.32. The van der Waals surface area contributed by atoms with E-state index in [2.05, 4.69) is 80.6 Å². The molecule has 0 aliphatic rings. The highest BCUT2D eigenvalue weighted by Crippen LogP contribution is 2.18. The first-order chi connectivity index (χ1) is 9.06. The molecule has 100 valence electrons. The van der Waals surface area contributed by atoms with Crippen molar-refractivity contribution in [1.29, 1.82) is 0 Å². The lowest BCUT2D eigenvalue weighted by Crippen LogP contribution is -2.08. The van der Waals surface area contributed by atoms with Crippen LogP contribution in [0.15, 0.2) is 42.5 Å². The van der Waals surface area contributed by atoms with Gasteiger partial charge in [0.2, 0.25) is 0 Å². The first-order valence-electron chi connectivity index (χ1n) is 6.63. The molecule has 2 nitrogen and oxygen atoms in total. The molecule has 2 aromatic rings. The predicted molar refractivity (Wildman–Crippen MR) is 84.0 cm³/mol. The topological polar surface area (TPSA) is 15.3 Å². The van der Waals surface area contributed by atoms with E-state index in [1.807, 2.05) is 0 Å². The van der Waals surface area contributed by atoms with Gasteiger partial charge in [0.1, 0.15) is 0 Å². The summed E-state index contributed by atoms with van der Waals surface area (Å²) in [5, 5.41) is 3.49. The van der Waals surface area contributed by atoms with E-state index in [9.17, 15) is 0 Å². The van der Waals surface area contributed by atoms with Crippen LogP contribution in [0.5, 0.6) is 0 Å². The largest absolute Gasteiger partial charge is 0.381 e. The molecular weight excluding hydrogens is 232 g/mol. The summed E-state index contributed by atoms with van der Waals surface area (Å²) in [6, 6.07) is 15.1. The fourth-order valence-corrected chi connectivity index (χ4v) is 2.12. The van der Waals surface area contributed by atoms with Gasteiger partial charge in [-0.25, -0.2) is 0 Å². The van der Waals surface area contributed by atoms with Crippen molar-refractivity contribution in [2.45, 2.75) is 20.4 Å². The van der Waals surface area contributed by atoms with Crippen molar-refractivity contribution in [3.63, 3.8) is 0 Å². The maximum atomic E-state index is 3.49. The molecule has 1 N–H and O–H groups in total. The maximum absolute atomic E-state index is 3.49. The van der Waals surface area contributed by atoms with Crippen molar-refractivity contribution in [1.82, 2.24) is 0 Å². The zero-order valence-electron chi connectivity index (χ0n) is 12.2. The number of nitrogens with zero attached hydrogens (tertiary/aromatic N) is 1. The number of hydrogen-bond donors (Lipinski definition) is 1. The minimum Gasteiger partial charge on any atom is -0.381 e. The highest BCUT2D eigenvalue weighted by Gasteiger charge is 1.99. The fraction of sp³-hybridized carbons (Fsp3) is 0.294. The Hall–Kier alpha value is -1.96. The van der Waals surface area contributed by atoms with E-state index < -0.39 is 0 Å². The van der Waals surface area contributed by atoms with Gasteiger partial charge in [-0.15, -0.1) is 0 Å². The summed E-state index contributed by atoms with van der Waals surface area (Å²) in [6.45, 7) is 5.12. The average molecular weight is 254 g/mol. The summed E-state index contributed by atoms with van der Waals surface area (Å²) in [6.07, 6.45) is 0. The number of rotatable bonds is 4. The molecule has 0 unspecified atom stereocenters. The van der Waals surface area contributed by atoms with E-state index in [0.717, 1.165) is 6.54 Å². The summed E-state index contributed by atoms with van der Waals surface area (Å²) < 4.78 is 0. The summed E-state index contributed by atoms with van der Waals surface area (Å²) in [5.41, 5.74) is 6.34. The minimum absolute atomic E-state index is 0.859. The van der Waals surface area contributed by atoms with Crippen molar-refractivity contribution in [3.8, 4) is 0 Å². The van der Waals surface area contributed by atoms with Crippen LogP contribution in [0, 0.1) is 13.8 Å². The Kier molecular flexibility index (Phi) is 4.10. The van der Waals surface area contributed by atoms with E-state index >= 15 is 0 Å². The number of hydrogen-bond acceptors (Lipinski definition) is 2. The zero-order chi connectivity index (χ0) is 13.8. The highest BCUT2D eigenvalue weighted by molar-refractivity contribution is 5.53. The fourth-order valence-electron chi connectivity index (χ4n) is 2.12. The van der Waals surface area contributed by atoms with Gasteiger partial charge in [-0.3, -0.25) is 0 Å². The standard InChI is InChI=1S/C17H22N2/c1-13-5-10-17(14(2)11-13)18-12-15-6-8-16(9-7-15)19(3)4/h5-11,18H,12H2,1-4H3. The van der Waals surface area contributed by atoms with Crippen molar-refractivity contribution < 1.29 is 0 Å². The van der Waals surface area contributed by atoms with Crippen molar-refractivity contribution >= 4 is 11.4 Å². The second-order valence-corrected chi connectivity index (χ2v) is 5.23. The van der Waals surface area contributed by atoms with Crippen LogP contribution < -0.4 is 10.2 Å². The molecule has 0 atom stereocenters. The number of benzene rings is 2. The van der Waals surface area contributed by atoms with Crippen molar-refractivity contribution in [2.75, 3.05) is 24.3 Å². The Morgan fingerprint density at radius 2 is 1.63 bits per heavy atom. The molecule has 19 heavy (non-hydrogen) atoms. The summed E-state index contributed by atoms with van der Waals surface area (Å²) in [5.74, 6) is 0. The van der Waals surface area contributed by atoms with Gasteiger partial charge in [0.25, 0.3) is 0 Å². The lowest BCUT2D eigenvalue weighted by molar-refractivity contribution is 1.11. The van der Waals surface area contributed by atoms with Gasteiger partial charge in [0, 0.05) is 32.0 Å². The summed E-state index contributed by atoms with van der Waals surface area (Å²) >= 11 is 0. The van der Waals surface area contributed by atoms with E-state index in [1.165, 1.54) is 28.1 Å². The monoisotopic (exact) mass is 254 g/mol.